The van der Waals surface area contributed by atoms with Gasteiger partial charge in [-0.05, 0) is 26.0 Å². The molecular weight excluding hydrogens is 244 g/mol. The maximum absolute atomic E-state index is 11.3. The number of aryl methyl sites for hydroxylation is 1. The lowest BCUT2D eigenvalue weighted by molar-refractivity contribution is -0.384. The quantitative estimate of drug-likeness (QED) is 0.480. The molecule has 0 N–H and O–H groups in total. The van der Waals surface area contributed by atoms with Crippen molar-refractivity contribution in [3.8, 4) is 11.3 Å². The topological polar surface area (TPSA) is 73.1 Å². The van der Waals surface area contributed by atoms with Gasteiger partial charge in [0.1, 0.15) is 0 Å². The summed E-state index contributed by atoms with van der Waals surface area (Å²) in [7, 11) is 0. The molecule has 0 saturated heterocycles. The van der Waals surface area contributed by atoms with Crippen molar-refractivity contribution in [1.82, 2.24) is 4.98 Å². The second-order valence-corrected chi connectivity index (χ2v) is 4.19. The average Bonchev–Trinajstić information content (AvgIpc) is 2.38. The smallest absolute Gasteiger partial charge is 0.270 e. The van der Waals surface area contributed by atoms with E-state index in [9.17, 15) is 14.9 Å². The fourth-order valence-corrected chi connectivity index (χ4v) is 1.87. The van der Waals surface area contributed by atoms with E-state index in [4.69, 9.17) is 0 Å². The second kappa shape index (κ2) is 4.97. The van der Waals surface area contributed by atoms with Crippen LogP contribution in [0.5, 0.6) is 0 Å². The summed E-state index contributed by atoms with van der Waals surface area (Å²) < 4.78 is 0. The highest BCUT2D eigenvalue weighted by molar-refractivity contribution is 5.95. The molecule has 2 aromatic rings. The van der Waals surface area contributed by atoms with Gasteiger partial charge in [-0.1, -0.05) is 12.1 Å². The number of nitro groups is 1. The molecule has 0 saturated carbocycles. The first-order valence-corrected chi connectivity index (χ1v) is 5.72. The summed E-state index contributed by atoms with van der Waals surface area (Å²) in [6.45, 7) is 3.23. The number of pyridine rings is 1. The van der Waals surface area contributed by atoms with Crippen molar-refractivity contribution in [3.63, 3.8) is 0 Å². The Morgan fingerprint density at radius 1 is 1.26 bits per heavy atom. The maximum Gasteiger partial charge on any atom is 0.270 e. The van der Waals surface area contributed by atoms with Crippen LogP contribution in [0.1, 0.15) is 23.0 Å². The standard InChI is InChI=1S/C14H12N2O3/c1-9-13(10(2)17)6-7-14(15-9)11-4-3-5-12(8-11)16(18)19/h3-8H,1-2H3. The van der Waals surface area contributed by atoms with Crippen molar-refractivity contribution in [3.05, 3.63) is 57.8 Å². The number of ketones is 1. The molecule has 1 heterocycles. The fraction of sp³-hybridized carbons (Fsp3) is 0.143. The summed E-state index contributed by atoms with van der Waals surface area (Å²) >= 11 is 0. The van der Waals surface area contributed by atoms with Gasteiger partial charge in [0.25, 0.3) is 5.69 Å². The van der Waals surface area contributed by atoms with Crippen LogP contribution in [0, 0.1) is 17.0 Å². The number of hydrogen-bond donors (Lipinski definition) is 0. The molecule has 1 aromatic carbocycles. The summed E-state index contributed by atoms with van der Waals surface area (Å²) in [5, 5.41) is 10.7. The lowest BCUT2D eigenvalue weighted by Crippen LogP contribution is -1.99. The third-order valence-electron chi connectivity index (χ3n) is 2.82. The Bertz CT molecular complexity index is 665. The van der Waals surface area contributed by atoms with E-state index in [2.05, 4.69) is 4.98 Å². The van der Waals surface area contributed by atoms with E-state index in [1.165, 1.54) is 19.1 Å². The van der Waals surface area contributed by atoms with E-state index in [1.807, 2.05) is 0 Å². The zero-order chi connectivity index (χ0) is 14.0. The van der Waals surface area contributed by atoms with Crippen LogP contribution in [0.15, 0.2) is 36.4 Å². The minimum absolute atomic E-state index is 0.0209. The molecular formula is C14H12N2O3. The van der Waals surface area contributed by atoms with Crippen LogP contribution in [0.3, 0.4) is 0 Å². The first-order chi connectivity index (χ1) is 8.99. The summed E-state index contributed by atoms with van der Waals surface area (Å²) in [6.07, 6.45) is 0. The largest absolute Gasteiger partial charge is 0.294 e. The molecule has 0 aliphatic rings. The number of carbonyl (C=O) groups excluding carboxylic acids is 1. The number of Topliss-reactive ketones (excluding diaryl/α,β-unsaturated/α-hetero) is 1. The highest BCUT2D eigenvalue weighted by atomic mass is 16.6. The van der Waals surface area contributed by atoms with Gasteiger partial charge < -0.3 is 0 Å². The molecule has 0 aliphatic carbocycles. The Hall–Kier alpha value is -2.56. The van der Waals surface area contributed by atoms with Gasteiger partial charge in [-0.15, -0.1) is 0 Å². The maximum atomic E-state index is 11.3. The van der Waals surface area contributed by atoms with Gasteiger partial charge in [0, 0.05) is 29.0 Å². The van der Waals surface area contributed by atoms with Gasteiger partial charge in [-0.3, -0.25) is 19.9 Å². The Morgan fingerprint density at radius 3 is 2.58 bits per heavy atom. The normalized spacial score (nSPS) is 10.2. The van der Waals surface area contributed by atoms with Crippen molar-refractivity contribution in [2.24, 2.45) is 0 Å². The summed E-state index contributed by atoms with van der Waals surface area (Å²) in [6, 6.07) is 9.66. The van der Waals surface area contributed by atoms with Gasteiger partial charge in [0.15, 0.2) is 5.78 Å². The molecule has 0 spiro atoms. The lowest BCUT2D eigenvalue weighted by atomic mass is 10.1. The Labute approximate surface area is 110 Å². The predicted molar refractivity (Wildman–Crippen MR) is 71.1 cm³/mol. The van der Waals surface area contributed by atoms with Gasteiger partial charge in [-0.2, -0.15) is 0 Å². The van der Waals surface area contributed by atoms with Crippen molar-refractivity contribution in [2.75, 3.05) is 0 Å². The van der Waals surface area contributed by atoms with Crippen LogP contribution >= 0.6 is 0 Å². The molecule has 0 radical (unpaired) electrons. The zero-order valence-electron chi connectivity index (χ0n) is 10.6. The molecule has 0 fully saturated rings. The summed E-state index contributed by atoms with van der Waals surface area (Å²) in [4.78, 5) is 25.9. The fourth-order valence-electron chi connectivity index (χ4n) is 1.87. The van der Waals surface area contributed by atoms with E-state index in [0.717, 1.165) is 0 Å². The number of rotatable bonds is 3. The van der Waals surface area contributed by atoms with E-state index < -0.39 is 4.92 Å². The van der Waals surface area contributed by atoms with Crippen molar-refractivity contribution in [1.29, 1.82) is 0 Å². The van der Waals surface area contributed by atoms with Crippen LogP contribution < -0.4 is 0 Å². The van der Waals surface area contributed by atoms with E-state index in [-0.39, 0.29) is 11.5 Å². The van der Waals surface area contributed by atoms with Crippen molar-refractivity contribution in [2.45, 2.75) is 13.8 Å². The number of hydrogen-bond acceptors (Lipinski definition) is 4. The number of nitro benzene ring substituents is 1. The van der Waals surface area contributed by atoms with Crippen LogP contribution in [0.4, 0.5) is 5.69 Å². The van der Waals surface area contributed by atoms with Gasteiger partial charge in [-0.25, -0.2) is 0 Å². The van der Waals surface area contributed by atoms with Crippen LogP contribution in [0.2, 0.25) is 0 Å². The molecule has 0 amide bonds. The first-order valence-electron chi connectivity index (χ1n) is 5.72. The summed E-state index contributed by atoms with van der Waals surface area (Å²) in [5.74, 6) is -0.0457. The molecule has 0 aliphatic heterocycles. The third-order valence-corrected chi connectivity index (χ3v) is 2.82. The minimum Gasteiger partial charge on any atom is -0.294 e. The van der Waals surface area contributed by atoms with E-state index >= 15 is 0 Å². The van der Waals surface area contributed by atoms with Crippen molar-refractivity contribution >= 4 is 11.5 Å². The van der Waals surface area contributed by atoms with Crippen LogP contribution in [-0.2, 0) is 0 Å². The molecule has 0 atom stereocenters. The molecule has 5 nitrogen and oxygen atoms in total. The highest BCUT2D eigenvalue weighted by Gasteiger charge is 2.10. The monoisotopic (exact) mass is 256 g/mol. The molecule has 1 aromatic heterocycles. The number of non-ortho nitro benzene ring substituents is 1. The van der Waals surface area contributed by atoms with E-state index in [1.54, 1.807) is 31.2 Å². The summed E-state index contributed by atoms with van der Waals surface area (Å²) in [5.41, 5.74) is 2.48. The Morgan fingerprint density at radius 2 is 2.00 bits per heavy atom. The highest BCUT2D eigenvalue weighted by Crippen LogP contribution is 2.23. The number of nitrogens with zero attached hydrogens (tertiary/aromatic N) is 2. The Kier molecular flexibility index (Phi) is 3.37. The second-order valence-electron chi connectivity index (χ2n) is 4.19. The van der Waals surface area contributed by atoms with Crippen molar-refractivity contribution < 1.29 is 9.72 Å². The molecule has 0 bridgehead atoms. The van der Waals surface area contributed by atoms with Crippen LogP contribution in [-0.4, -0.2) is 15.7 Å². The average molecular weight is 256 g/mol. The van der Waals surface area contributed by atoms with E-state index in [0.29, 0.717) is 22.5 Å². The van der Waals surface area contributed by atoms with Crippen LogP contribution in [0.25, 0.3) is 11.3 Å². The SMILES string of the molecule is CC(=O)c1ccc(-c2cccc([N+](=O)[O-])c2)nc1C. The number of benzene rings is 1. The number of carbonyl (C=O) groups is 1. The number of aromatic nitrogens is 1. The van der Waals surface area contributed by atoms with Gasteiger partial charge in [0.2, 0.25) is 0 Å². The minimum atomic E-state index is -0.444. The van der Waals surface area contributed by atoms with Gasteiger partial charge in [0.05, 0.1) is 10.6 Å². The molecule has 19 heavy (non-hydrogen) atoms. The lowest BCUT2D eigenvalue weighted by Gasteiger charge is -2.05. The first kappa shape index (κ1) is 12.9. The molecule has 96 valence electrons. The third kappa shape index (κ3) is 2.65. The molecule has 5 heteroatoms. The predicted octanol–water partition coefficient (Wildman–Crippen LogP) is 3.17. The zero-order valence-corrected chi connectivity index (χ0v) is 10.6. The molecule has 0 unspecified atom stereocenters. The Balaban J connectivity index is 2.48. The van der Waals surface area contributed by atoms with Gasteiger partial charge >= 0.3 is 0 Å². The molecule has 2 rings (SSSR count).